The van der Waals surface area contributed by atoms with E-state index in [2.05, 4.69) is 41.1 Å². The number of aliphatic hydroxyl groups is 2. The number of aliphatic carboxylic acids is 2. The van der Waals surface area contributed by atoms with Gasteiger partial charge in [-0.25, -0.2) is 9.59 Å². The van der Waals surface area contributed by atoms with Crippen LogP contribution in [0.2, 0.25) is 0 Å². The van der Waals surface area contributed by atoms with Gasteiger partial charge < -0.3 is 30.2 Å². The van der Waals surface area contributed by atoms with E-state index in [1.807, 2.05) is 18.2 Å². The number of hydrogen-bond donors (Lipinski definition) is 4. The van der Waals surface area contributed by atoms with Gasteiger partial charge in [0, 0.05) is 43.0 Å². The molecule has 2 saturated heterocycles. The van der Waals surface area contributed by atoms with Crippen molar-refractivity contribution in [1.82, 2.24) is 4.90 Å². The van der Waals surface area contributed by atoms with Gasteiger partial charge in [0.2, 0.25) is 0 Å². The minimum absolute atomic E-state index is 0.177. The molecule has 3 aliphatic rings. The molecule has 0 spiro atoms. The first-order valence-corrected chi connectivity index (χ1v) is 10.7. The summed E-state index contributed by atoms with van der Waals surface area (Å²) >= 11 is 0. The van der Waals surface area contributed by atoms with E-state index in [-0.39, 0.29) is 5.78 Å². The van der Waals surface area contributed by atoms with Crippen LogP contribution in [0.4, 0.5) is 5.69 Å². The van der Waals surface area contributed by atoms with Gasteiger partial charge in [0.25, 0.3) is 0 Å². The van der Waals surface area contributed by atoms with Crippen LogP contribution in [0, 0.1) is 11.8 Å². The van der Waals surface area contributed by atoms with Crippen molar-refractivity contribution in [3.63, 3.8) is 0 Å². The summed E-state index contributed by atoms with van der Waals surface area (Å²) < 4.78 is 0. The van der Waals surface area contributed by atoms with E-state index in [9.17, 15) is 14.4 Å². The third-order valence-electron chi connectivity index (χ3n) is 6.55. The fourth-order valence-corrected chi connectivity index (χ4v) is 4.92. The summed E-state index contributed by atoms with van der Waals surface area (Å²) in [6.45, 7) is 4.65. The number of carboxylic acids is 2. The van der Waals surface area contributed by atoms with E-state index in [1.54, 1.807) is 0 Å². The van der Waals surface area contributed by atoms with Crippen molar-refractivity contribution in [3.8, 4) is 11.1 Å². The number of benzene rings is 2. The van der Waals surface area contributed by atoms with Crippen molar-refractivity contribution >= 4 is 23.4 Å². The molecule has 33 heavy (non-hydrogen) atoms. The van der Waals surface area contributed by atoms with Gasteiger partial charge in [-0.2, -0.15) is 0 Å². The molecule has 2 aromatic rings. The van der Waals surface area contributed by atoms with Crippen LogP contribution < -0.4 is 4.90 Å². The van der Waals surface area contributed by atoms with Gasteiger partial charge in [-0.3, -0.25) is 4.79 Å². The number of ketones is 1. The summed E-state index contributed by atoms with van der Waals surface area (Å²) in [4.78, 5) is 37.1. The number of rotatable bonds is 4. The molecular weight excluding hydrogens is 428 g/mol. The molecule has 2 heterocycles. The van der Waals surface area contributed by atoms with E-state index < -0.39 is 24.1 Å². The van der Waals surface area contributed by atoms with Crippen LogP contribution in [0.1, 0.15) is 15.9 Å². The Bertz CT molecular complexity index is 1070. The molecule has 4 unspecified atom stereocenters. The lowest BCUT2D eigenvalue weighted by Gasteiger charge is -2.22. The molecular formula is C24H26N2O7. The van der Waals surface area contributed by atoms with E-state index >= 15 is 0 Å². The Morgan fingerprint density at radius 2 is 1.33 bits per heavy atom. The molecule has 0 radical (unpaired) electrons. The standard InChI is InChI=1S/C20H20N2O.C4H6O6/c1-21-9-13-11-22(12-14(13)10-21)15-6-7-17-16-4-2-3-5-18(16)20(23)19(17)8-15;5-1(3(7)8)2(6)4(9)10/h2-8,13-14H,9-12H2,1H3;1-2,5-6H,(H,7,8)(H,9,10). The number of nitrogens with zero attached hydrogens (tertiary/aromatic N) is 2. The molecule has 2 aliphatic heterocycles. The van der Waals surface area contributed by atoms with Crippen molar-refractivity contribution in [2.75, 3.05) is 38.1 Å². The fraction of sp³-hybridized carbons (Fsp3) is 0.375. The highest BCUT2D eigenvalue weighted by atomic mass is 16.4. The zero-order valence-electron chi connectivity index (χ0n) is 18.1. The second-order valence-corrected chi connectivity index (χ2v) is 8.82. The summed E-state index contributed by atoms with van der Waals surface area (Å²) in [5, 5.41) is 32.5. The van der Waals surface area contributed by atoms with E-state index in [0.717, 1.165) is 47.2 Å². The highest BCUT2D eigenvalue weighted by Gasteiger charge is 2.39. The summed E-state index contributed by atoms with van der Waals surface area (Å²) in [6, 6.07) is 14.4. The lowest BCUT2D eigenvalue weighted by atomic mass is 10.0. The largest absolute Gasteiger partial charge is 0.479 e. The molecule has 4 atom stereocenters. The molecule has 1 aliphatic carbocycles. The Labute approximate surface area is 190 Å². The van der Waals surface area contributed by atoms with Crippen LogP contribution in [0.5, 0.6) is 0 Å². The Balaban J connectivity index is 0.000000223. The number of hydrogen-bond acceptors (Lipinski definition) is 7. The average Bonchev–Trinajstić information content (AvgIpc) is 3.43. The predicted molar refractivity (Wildman–Crippen MR) is 119 cm³/mol. The van der Waals surface area contributed by atoms with E-state index in [1.165, 1.54) is 18.8 Å². The second kappa shape index (κ2) is 8.93. The maximum atomic E-state index is 12.7. The average molecular weight is 454 g/mol. The molecule has 0 amide bonds. The minimum Gasteiger partial charge on any atom is -0.479 e. The van der Waals surface area contributed by atoms with Crippen molar-refractivity contribution in [3.05, 3.63) is 53.6 Å². The maximum absolute atomic E-state index is 12.7. The molecule has 0 bridgehead atoms. The van der Waals surface area contributed by atoms with Crippen molar-refractivity contribution in [2.45, 2.75) is 12.2 Å². The molecule has 174 valence electrons. The Morgan fingerprint density at radius 3 is 1.88 bits per heavy atom. The number of carboxylic acid groups (broad SMARTS) is 2. The molecule has 9 heteroatoms. The SMILES string of the molecule is CN1CC2CN(c3ccc4c(c3)C(=O)c3ccccc3-4)CC2C1.O=C(O)C(O)C(O)C(=O)O. The molecule has 2 aromatic carbocycles. The van der Waals surface area contributed by atoms with Crippen LogP contribution in [0.15, 0.2) is 42.5 Å². The molecule has 0 saturated carbocycles. The van der Waals surface area contributed by atoms with Gasteiger partial charge in [0.1, 0.15) is 0 Å². The van der Waals surface area contributed by atoms with Gasteiger partial charge in [-0.15, -0.1) is 0 Å². The zero-order chi connectivity index (χ0) is 23.9. The first-order valence-electron chi connectivity index (χ1n) is 10.7. The van der Waals surface area contributed by atoms with Gasteiger partial charge in [0.15, 0.2) is 18.0 Å². The topological polar surface area (TPSA) is 139 Å². The molecule has 0 aromatic heterocycles. The van der Waals surface area contributed by atoms with Crippen LogP contribution in [-0.2, 0) is 9.59 Å². The highest BCUT2D eigenvalue weighted by Crippen LogP contribution is 2.40. The van der Waals surface area contributed by atoms with Crippen molar-refractivity contribution in [1.29, 1.82) is 0 Å². The quantitative estimate of drug-likeness (QED) is 0.450. The zero-order valence-corrected chi connectivity index (χ0v) is 18.1. The number of carbonyl (C=O) groups excluding carboxylic acids is 1. The van der Waals surface area contributed by atoms with Gasteiger partial charge >= 0.3 is 11.9 Å². The van der Waals surface area contributed by atoms with Crippen molar-refractivity contribution < 1.29 is 34.8 Å². The van der Waals surface area contributed by atoms with Gasteiger partial charge in [0.05, 0.1) is 0 Å². The Hall–Kier alpha value is -3.27. The normalized spacial score (nSPS) is 22.6. The van der Waals surface area contributed by atoms with E-state index in [4.69, 9.17) is 20.4 Å². The summed E-state index contributed by atoms with van der Waals surface area (Å²) in [7, 11) is 2.22. The summed E-state index contributed by atoms with van der Waals surface area (Å²) in [6.07, 6.45) is -4.53. The number of fused-ring (bicyclic) bond motifs is 4. The smallest absolute Gasteiger partial charge is 0.335 e. The number of aliphatic hydroxyl groups excluding tert-OH is 2. The maximum Gasteiger partial charge on any atom is 0.335 e. The van der Waals surface area contributed by atoms with Gasteiger partial charge in [-0.05, 0) is 42.1 Å². The molecule has 5 rings (SSSR count). The fourth-order valence-electron chi connectivity index (χ4n) is 4.92. The van der Waals surface area contributed by atoms with Crippen LogP contribution >= 0.6 is 0 Å². The predicted octanol–water partition coefficient (Wildman–Crippen LogP) is 0.773. The monoisotopic (exact) mass is 454 g/mol. The number of anilines is 1. The first-order chi connectivity index (χ1) is 15.7. The molecule has 2 fully saturated rings. The second-order valence-electron chi connectivity index (χ2n) is 8.82. The van der Waals surface area contributed by atoms with Crippen LogP contribution in [0.3, 0.4) is 0 Å². The van der Waals surface area contributed by atoms with Crippen LogP contribution in [0.25, 0.3) is 11.1 Å². The first kappa shape index (κ1) is 22.9. The minimum atomic E-state index is -2.27. The third-order valence-corrected chi connectivity index (χ3v) is 6.55. The Morgan fingerprint density at radius 1 is 0.818 bits per heavy atom. The number of likely N-dealkylation sites (tertiary alicyclic amines) is 1. The lowest BCUT2D eigenvalue weighted by molar-refractivity contribution is -0.165. The van der Waals surface area contributed by atoms with Gasteiger partial charge in [-0.1, -0.05) is 30.3 Å². The lowest BCUT2D eigenvalue weighted by Crippen LogP contribution is -2.39. The highest BCUT2D eigenvalue weighted by molar-refractivity contribution is 6.22. The third kappa shape index (κ3) is 4.35. The summed E-state index contributed by atoms with van der Waals surface area (Å²) in [5.74, 6) is -1.80. The number of carbonyl (C=O) groups is 3. The Kier molecular flexibility index (Phi) is 6.20. The molecule has 4 N–H and O–H groups in total. The molecule has 9 nitrogen and oxygen atoms in total. The van der Waals surface area contributed by atoms with Crippen LogP contribution in [-0.4, -0.2) is 88.5 Å². The summed E-state index contributed by atoms with van der Waals surface area (Å²) in [5.41, 5.74) is 5.10. The van der Waals surface area contributed by atoms with Crippen molar-refractivity contribution in [2.24, 2.45) is 11.8 Å². The van der Waals surface area contributed by atoms with E-state index in [0.29, 0.717) is 0 Å².